The minimum atomic E-state index is -0.178. The van der Waals surface area contributed by atoms with E-state index in [4.69, 9.17) is 4.74 Å². The van der Waals surface area contributed by atoms with Crippen molar-refractivity contribution in [1.82, 2.24) is 0 Å². The number of benzene rings is 3. The molecule has 0 unspecified atom stereocenters. The number of nitrogens with zero attached hydrogens (tertiary/aromatic N) is 2. The molecule has 138 valence electrons. The Kier molecular flexibility index (Phi) is 5.08. The summed E-state index contributed by atoms with van der Waals surface area (Å²) in [5.41, 5.74) is 2.80. The summed E-state index contributed by atoms with van der Waals surface area (Å²) in [4.78, 5) is 19.6. The van der Waals surface area contributed by atoms with E-state index in [2.05, 4.69) is 20.9 Å². The summed E-state index contributed by atoms with van der Waals surface area (Å²) in [7, 11) is 1.61. The van der Waals surface area contributed by atoms with Crippen LogP contribution in [0.4, 0.5) is 5.69 Å². The van der Waals surface area contributed by atoms with Gasteiger partial charge in [0.2, 0.25) is 0 Å². The van der Waals surface area contributed by atoms with E-state index in [0.717, 1.165) is 21.3 Å². The van der Waals surface area contributed by atoms with E-state index in [1.165, 1.54) is 0 Å². The maximum atomic E-state index is 13.3. The first-order valence-corrected chi connectivity index (χ1v) is 9.55. The van der Waals surface area contributed by atoms with E-state index < -0.39 is 0 Å². The third kappa shape index (κ3) is 3.49. The third-order valence-electron chi connectivity index (χ3n) is 4.39. The van der Waals surface area contributed by atoms with Crippen LogP contribution in [0.1, 0.15) is 11.1 Å². The second kappa shape index (κ2) is 7.82. The van der Waals surface area contributed by atoms with Crippen molar-refractivity contribution in [2.45, 2.75) is 0 Å². The molecule has 0 spiro atoms. The standard InChI is InChI=1S/C23H17BrN2O2/c1-28-21-13-6-5-10-17(21)14-20-23(27)26(19-12-7-11-18(24)15-19)22(25-20)16-8-3-2-4-9-16/h2-15H,1H3/b20-14+. The Hall–Kier alpha value is -3.18. The molecule has 0 aliphatic carbocycles. The van der Waals surface area contributed by atoms with Gasteiger partial charge in [-0.25, -0.2) is 4.99 Å². The summed E-state index contributed by atoms with van der Waals surface area (Å²) < 4.78 is 6.30. The Balaban J connectivity index is 1.85. The highest BCUT2D eigenvalue weighted by atomic mass is 79.9. The molecule has 0 aromatic heterocycles. The normalized spacial score (nSPS) is 15.1. The number of methoxy groups -OCH3 is 1. The van der Waals surface area contributed by atoms with Crippen molar-refractivity contribution in [2.24, 2.45) is 4.99 Å². The number of amidine groups is 1. The van der Waals surface area contributed by atoms with Crippen LogP contribution in [0.2, 0.25) is 0 Å². The number of anilines is 1. The van der Waals surface area contributed by atoms with Gasteiger partial charge in [0.05, 0.1) is 12.8 Å². The Labute approximate surface area is 171 Å². The Morgan fingerprint density at radius 1 is 0.964 bits per heavy atom. The molecule has 1 aliphatic heterocycles. The minimum absolute atomic E-state index is 0.178. The summed E-state index contributed by atoms with van der Waals surface area (Å²) in [6.45, 7) is 0. The first-order valence-electron chi connectivity index (χ1n) is 8.76. The van der Waals surface area contributed by atoms with Crippen molar-refractivity contribution in [3.63, 3.8) is 0 Å². The maximum absolute atomic E-state index is 13.3. The Bertz CT molecular complexity index is 1090. The van der Waals surface area contributed by atoms with Gasteiger partial charge in [-0.05, 0) is 30.3 Å². The molecule has 1 aliphatic rings. The van der Waals surface area contributed by atoms with Crippen molar-refractivity contribution in [1.29, 1.82) is 0 Å². The van der Waals surface area contributed by atoms with Gasteiger partial charge in [0.25, 0.3) is 5.91 Å². The summed E-state index contributed by atoms with van der Waals surface area (Å²) >= 11 is 3.48. The quantitative estimate of drug-likeness (QED) is 0.525. The van der Waals surface area contributed by atoms with E-state index in [9.17, 15) is 4.79 Å². The van der Waals surface area contributed by atoms with Crippen LogP contribution in [0.5, 0.6) is 5.75 Å². The van der Waals surface area contributed by atoms with Gasteiger partial charge in [-0.2, -0.15) is 0 Å². The summed E-state index contributed by atoms with van der Waals surface area (Å²) in [5.74, 6) is 1.12. The van der Waals surface area contributed by atoms with Crippen LogP contribution < -0.4 is 9.64 Å². The first-order chi connectivity index (χ1) is 13.7. The molecule has 0 fully saturated rings. The average Bonchev–Trinajstić information content (AvgIpc) is 3.05. The van der Waals surface area contributed by atoms with E-state index in [-0.39, 0.29) is 5.91 Å². The Morgan fingerprint density at radius 3 is 2.46 bits per heavy atom. The lowest BCUT2D eigenvalue weighted by molar-refractivity contribution is -0.113. The number of hydrogen-bond donors (Lipinski definition) is 0. The highest BCUT2D eigenvalue weighted by Gasteiger charge is 2.32. The van der Waals surface area contributed by atoms with Gasteiger partial charge in [-0.15, -0.1) is 0 Å². The second-order valence-corrected chi connectivity index (χ2v) is 7.11. The van der Waals surface area contributed by atoms with Crippen molar-refractivity contribution >= 4 is 39.4 Å². The van der Waals surface area contributed by atoms with Crippen molar-refractivity contribution in [3.05, 3.63) is 100 Å². The highest BCUT2D eigenvalue weighted by Crippen LogP contribution is 2.30. The van der Waals surface area contributed by atoms with Gasteiger partial charge in [-0.3, -0.25) is 9.69 Å². The number of carbonyl (C=O) groups excluding carboxylic acids is 1. The number of hydrogen-bond acceptors (Lipinski definition) is 3. The average molecular weight is 433 g/mol. The summed E-state index contributed by atoms with van der Waals surface area (Å²) in [5, 5.41) is 0. The predicted molar refractivity (Wildman–Crippen MR) is 116 cm³/mol. The smallest absolute Gasteiger partial charge is 0.282 e. The number of rotatable bonds is 4. The predicted octanol–water partition coefficient (Wildman–Crippen LogP) is 5.29. The van der Waals surface area contributed by atoms with E-state index in [0.29, 0.717) is 17.3 Å². The molecule has 4 rings (SSSR count). The molecular weight excluding hydrogens is 416 g/mol. The zero-order chi connectivity index (χ0) is 19.5. The fraction of sp³-hybridized carbons (Fsp3) is 0.0435. The minimum Gasteiger partial charge on any atom is -0.496 e. The molecule has 0 bridgehead atoms. The van der Waals surface area contributed by atoms with E-state index >= 15 is 0 Å². The second-order valence-electron chi connectivity index (χ2n) is 6.19. The highest BCUT2D eigenvalue weighted by molar-refractivity contribution is 9.10. The van der Waals surface area contributed by atoms with Crippen LogP contribution in [0, 0.1) is 0 Å². The van der Waals surface area contributed by atoms with Gasteiger partial charge < -0.3 is 4.74 Å². The maximum Gasteiger partial charge on any atom is 0.282 e. The molecule has 4 nitrogen and oxygen atoms in total. The lowest BCUT2D eigenvalue weighted by Crippen LogP contribution is -2.32. The number of halogens is 1. The molecular formula is C23H17BrN2O2. The Morgan fingerprint density at radius 2 is 1.71 bits per heavy atom. The van der Waals surface area contributed by atoms with Crippen LogP contribution in [0.25, 0.3) is 6.08 Å². The summed E-state index contributed by atoms with van der Waals surface area (Å²) in [6.07, 6.45) is 1.77. The van der Waals surface area contributed by atoms with Gasteiger partial charge in [-0.1, -0.05) is 70.5 Å². The molecule has 0 saturated carbocycles. The molecule has 0 atom stereocenters. The molecule has 0 N–H and O–H groups in total. The van der Waals surface area contributed by atoms with E-state index in [1.807, 2.05) is 78.9 Å². The molecule has 3 aromatic rings. The van der Waals surface area contributed by atoms with Crippen LogP contribution >= 0.6 is 15.9 Å². The van der Waals surface area contributed by atoms with Crippen LogP contribution in [0.15, 0.2) is 94.0 Å². The van der Waals surface area contributed by atoms with Gasteiger partial charge in [0.1, 0.15) is 17.3 Å². The lowest BCUT2D eigenvalue weighted by atomic mass is 10.1. The fourth-order valence-corrected chi connectivity index (χ4v) is 3.47. The molecule has 5 heteroatoms. The third-order valence-corrected chi connectivity index (χ3v) is 4.88. The first kappa shape index (κ1) is 18.2. The van der Waals surface area contributed by atoms with Crippen molar-refractivity contribution < 1.29 is 9.53 Å². The zero-order valence-electron chi connectivity index (χ0n) is 15.2. The SMILES string of the molecule is COc1ccccc1/C=C1/N=C(c2ccccc2)N(c2cccc(Br)c2)C1=O. The molecule has 0 radical (unpaired) electrons. The monoisotopic (exact) mass is 432 g/mol. The number of amides is 1. The lowest BCUT2D eigenvalue weighted by Gasteiger charge is -2.18. The largest absolute Gasteiger partial charge is 0.496 e. The number of carbonyl (C=O) groups is 1. The van der Waals surface area contributed by atoms with Crippen LogP contribution in [0.3, 0.4) is 0 Å². The fourth-order valence-electron chi connectivity index (χ4n) is 3.09. The number of aliphatic imine (C=N–C) groups is 1. The molecule has 0 saturated heterocycles. The summed E-state index contributed by atoms with van der Waals surface area (Å²) in [6, 6.07) is 24.9. The topological polar surface area (TPSA) is 41.9 Å². The number of ether oxygens (including phenoxy) is 1. The van der Waals surface area contributed by atoms with Crippen LogP contribution in [-0.2, 0) is 4.79 Å². The molecule has 3 aromatic carbocycles. The van der Waals surface area contributed by atoms with Gasteiger partial charge >= 0.3 is 0 Å². The molecule has 1 amide bonds. The van der Waals surface area contributed by atoms with Crippen molar-refractivity contribution in [2.75, 3.05) is 12.0 Å². The zero-order valence-corrected chi connectivity index (χ0v) is 16.8. The van der Waals surface area contributed by atoms with Crippen molar-refractivity contribution in [3.8, 4) is 5.75 Å². The van der Waals surface area contributed by atoms with Crippen LogP contribution in [-0.4, -0.2) is 18.9 Å². The van der Waals surface area contributed by atoms with Gasteiger partial charge in [0, 0.05) is 15.6 Å². The van der Waals surface area contributed by atoms with E-state index in [1.54, 1.807) is 18.1 Å². The molecule has 1 heterocycles. The van der Waals surface area contributed by atoms with Gasteiger partial charge in [0.15, 0.2) is 0 Å². The number of para-hydroxylation sites is 1. The molecule has 28 heavy (non-hydrogen) atoms.